The molecule has 0 atom stereocenters. The van der Waals surface area contributed by atoms with Gasteiger partial charge in [0.05, 0.1) is 5.56 Å². The van der Waals surface area contributed by atoms with Gasteiger partial charge >= 0.3 is 0 Å². The van der Waals surface area contributed by atoms with Crippen molar-refractivity contribution in [1.82, 2.24) is 10.3 Å². The smallest absolute Gasteiger partial charge is 0.257 e. The number of halogens is 1. The number of benzene rings is 2. The van der Waals surface area contributed by atoms with Crippen LogP contribution < -0.4 is 16.4 Å². The van der Waals surface area contributed by atoms with Crippen molar-refractivity contribution in [1.29, 1.82) is 0 Å². The van der Waals surface area contributed by atoms with Crippen molar-refractivity contribution in [2.45, 2.75) is 20.0 Å². The number of amides is 2. The quantitative estimate of drug-likeness (QED) is 0.542. The highest BCUT2D eigenvalue weighted by Gasteiger charge is 2.11. The van der Waals surface area contributed by atoms with Crippen LogP contribution in [0.5, 0.6) is 0 Å². The van der Waals surface area contributed by atoms with Crippen LogP contribution >= 0.6 is 11.6 Å². The third-order valence-corrected chi connectivity index (χ3v) is 4.66. The van der Waals surface area contributed by atoms with Gasteiger partial charge in [-0.05, 0) is 53.9 Å². The molecule has 3 aromatic rings. The van der Waals surface area contributed by atoms with Crippen molar-refractivity contribution >= 4 is 29.1 Å². The van der Waals surface area contributed by atoms with E-state index in [-0.39, 0.29) is 11.8 Å². The van der Waals surface area contributed by atoms with Crippen molar-refractivity contribution in [3.63, 3.8) is 0 Å². The second kappa shape index (κ2) is 9.32. The Balaban J connectivity index is 1.62. The molecule has 0 spiro atoms. The molecule has 0 aliphatic rings. The lowest BCUT2D eigenvalue weighted by Crippen LogP contribution is -2.23. The number of nitrogens with two attached hydrogens (primary N) is 1. The SMILES string of the molecule is Cc1cc(C(=O)NCc2ccc(CN)cc2)ccc1NC(=O)c1ccc(Cl)nc1. The topological polar surface area (TPSA) is 97.1 Å². The Bertz CT molecular complexity index is 1020. The fourth-order valence-corrected chi connectivity index (χ4v) is 2.84. The van der Waals surface area contributed by atoms with Gasteiger partial charge in [-0.15, -0.1) is 0 Å². The van der Waals surface area contributed by atoms with Gasteiger partial charge < -0.3 is 16.4 Å². The highest BCUT2D eigenvalue weighted by atomic mass is 35.5. The van der Waals surface area contributed by atoms with Crippen LogP contribution in [0.15, 0.2) is 60.8 Å². The van der Waals surface area contributed by atoms with Crippen molar-refractivity contribution in [3.05, 3.63) is 93.8 Å². The molecule has 0 radical (unpaired) electrons. The average Bonchev–Trinajstić information content (AvgIpc) is 2.74. The van der Waals surface area contributed by atoms with Gasteiger partial charge in [-0.1, -0.05) is 35.9 Å². The van der Waals surface area contributed by atoms with Crippen LogP contribution in [0.25, 0.3) is 0 Å². The van der Waals surface area contributed by atoms with Crippen LogP contribution in [0, 0.1) is 6.92 Å². The van der Waals surface area contributed by atoms with E-state index in [2.05, 4.69) is 15.6 Å². The third kappa shape index (κ3) is 5.40. The van der Waals surface area contributed by atoms with Gasteiger partial charge in [-0.3, -0.25) is 9.59 Å². The number of anilines is 1. The van der Waals surface area contributed by atoms with Crippen LogP contribution in [0.3, 0.4) is 0 Å². The molecule has 3 rings (SSSR count). The Morgan fingerprint density at radius 1 is 0.966 bits per heavy atom. The predicted molar refractivity (Wildman–Crippen MR) is 114 cm³/mol. The van der Waals surface area contributed by atoms with E-state index in [1.165, 1.54) is 6.20 Å². The maximum atomic E-state index is 12.4. The summed E-state index contributed by atoms with van der Waals surface area (Å²) in [4.78, 5) is 28.7. The summed E-state index contributed by atoms with van der Waals surface area (Å²) in [6, 6.07) is 16.1. The number of hydrogen-bond acceptors (Lipinski definition) is 4. The van der Waals surface area contributed by atoms with E-state index in [0.717, 1.165) is 16.7 Å². The Hall–Kier alpha value is -3.22. The molecule has 6 nitrogen and oxygen atoms in total. The van der Waals surface area contributed by atoms with E-state index >= 15 is 0 Å². The number of nitrogens with one attached hydrogen (secondary N) is 2. The molecule has 148 valence electrons. The molecule has 29 heavy (non-hydrogen) atoms. The number of aromatic nitrogens is 1. The highest BCUT2D eigenvalue weighted by Crippen LogP contribution is 2.18. The molecule has 0 saturated carbocycles. The molecule has 4 N–H and O–H groups in total. The number of nitrogens with zero attached hydrogens (tertiary/aromatic N) is 1. The average molecular weight is 409 g/mol. The highest BCUT2D eigenvalue weighted by molar-refractivity contribution is 6.29. The molecular weight excluding hydrogens is 388 g/mol. The first-order valence-electron chi connectivity index (χ1n) is 9.06. The Morgan fingerprint density at radius 2 is 1.66 bits per heavy atom. The molecule has 0 saturated heterocycles. The predicted octanol–water partition coefficient (Wildman–Crippen LogP) is 3.68. The summed E-state index contributed by atoms with van der Waals surface area (Å²) in [5, 5.41) is 6.03. The molecule has 1 aromatic heterocycles. The largest absolute Gasteiger partial charge is 0.348 e. The fourth-order valence-electron chi connectivity index (χ4n) is 2.73. The van der Waals surface area contributed by atoms with Crippen molar-refractivity contribution < 1.29 is 9.59 Å². The lowest BCUT2D eigenvalue weighted by Gasteiger charge is -2.11. The van der Waals surface area contributed by atoms with Gasteiger partial charge in [0, 0.05) is 30.5 Å². The molecule has 0 unspecified atom stereocenters. The van der Waals surface area contributed by atoms with Crippen molar-refractivity contribution in [3.8, 4) is 0 Å². The molecule has 0 bridgehead atoms. The molecule has 0 aliphatic heterocycles. The Labute approximate surface area is 174 Å². The zero-order valence-corrected chi connectivity index (χ0v) is 16.7. The van der Waals surface area contributed by atoms with Gasteiger partial charge in [-0.2, -0.15) is 0 Å². The zero-order valence-electron chi connectivity index (χ0n) is 15.9. The maximum absolute atomic E-state index is 12.4. The summed E-state index contributed by atoms with van der Waals surface area (Å²) in [6.07, 6.45) is 1.41. The van der Waals surface area contributed by atoms with E-state index in [4.69, 9.17) is 17.3 Å². The molecule has 0 fully saturated rings. The normalized spacial score (nSPS) is 10.4. The van der Waals surface area contributed by atoms with Crippen LogP contribution in [0.4, 0.5) is 5.69 Å². The number of aryl methyl sites for hydroxylation is 1. The minimum atomic E-state index is -0.296. The van der Waals surface area contributed by atoms with Crippen molar-refractivity contribution in [2.24, 2.45) is 5.73 Å². The Kier molecular flexibility index (Phi) is 6.59. The van der Waals surface area contributed by atoms with Gasteiger partial charge in [-0.25, -0.2) is 4.98 Å². The summed E-state index contributed by atoms with van der Waals surface area (Å²) in [6.45, 7) is 2.74. The van der Waals surface area contributed by atoms with E-state index in [0.29, 0.717) is 35.1 Å². The summed E-state index contributed by atoms with van der Waals surface area (Å²) in [5.41, 5.74) is 9.95. The van der Waals surface area contributed by atoms with Gasteiger partial charge in [0.2, 0.25) is 0 Å². The van der Waals surface area contributed by atoms with Crippen LogP contribution in [-0.2, 0) is 13.1 Å². The number of rotatable bonds is 6. The van der Waals surface area contributed by atoms with Gasteiger partial charge in [0.1, 0.15) is 5.15 Å². The summed E-state index contributed by atoms with van der Waals surface area (Å²) in [5.74, 6) is -0.480. The second-order valence-corrected chi connectivity index (χ2v) is 6.94. The van der Waals surface area contributed by atoms with E-state index in [9.17, 15) is 9.59 Å². The summed E-state index contributed by atoms with van der Waals surface area (Å²) < 4.78 is 0. The molecule has 2 amide bonds. The number of carbonyl (C=O) groups is 2. The first-order valence-corrected chi connectivity index (χ1v) is 9.43. The summed E-state index contributed by atoms with van der Waals surface area (Å²) in [7, 11) is 0. The van der Waals surface area contributed by atoms with Crippen LogP contribution in [0.2, 0.25) is 5.15 Å². The lowest BCUT2D eigenvalue weighted by molar-refractivity contribution is 0.0950. The van der Waals surface area contributed by atoms with E-state index in [1.807, 2.05) is 31.2 Å². The van der Waals surface area contributed by atoms with E-state index < -0.39 is 0 Å². The second-order valence-electron chi connectivity index (χ2n) is 6.56. The first kappa shape index (κ1) is 20.5. The van der Waals surface area contributed by atoms with Crippen LogP contribution in [0.1, 0.15) is 37.4 Å². The molecular formula is C22H21ClN4O2. The van der Waals surface area contributed by atoms with E-state index in [1.54, 1.807) is 30.3 Å². The molecule has 1 heterocycles. The lowest BCUT2D eigenvalue weighted by atomic mass is 10.1. The minimum Gasteiger partial charge on any atom is -0.348 e. The number of hydrogen-bond donors (Lipinski definition) is 3. The minimum absolute atomic E-state index is 0.184. The van der Waals surface area contributed by atoms with Gasteiger partial charge in [0.25, 0.3) is 11.8 Å². The number of carbonyl (C=O) groups excluding carboxylic acids is 2. The van der Waals surface area contributed by atoms with Gasteiger partial charge in [0.15, 0.2) is 0 Å². The Morgan fingerprint density at radius 3 is 2.28 bits per heavy atom. The fraction of sp³-hybridized carbons (Fsp3) is 0.136. The monoisotopic (exact) mass is 408 g/mol. The maximum Gasteiger partial charge on any atom is 0.257 e. The zero-order chi connectivity index (χ0) is 20.8. The van der Waals surface area contributed by atoms with Crippen molar-refractivity contribution in [2.75, 3.05) is 5.32 Å². The molecule has 7 heteroatoms. The molecule has 2 aromatic carbocycles. The third-order valence-electron chi connectivity index (χ3n) is 4.44. The van der Waals surface area contributed by atoms with Crippen LogP contribution in [-0.4, -0.2) is 16.8 Å². The summed E-state index contributed by atoms with van der Waals surface area (Å²) >= 11 is 5.74. The molecule has 0 aliphatic carbocycles. The number of pyridine rings is 1. The first-order chi connectivity index (χ1) is 14.0. The standard InChI is InChI=1S/C22H21ClN4O2/c1-14-10-17(21(28)26-12-16-4-2-15(11-24)3-5-16)6-8-19(14)27-22(29)18-7-9-20(23)25-13-18/h2-10,13H,11-12,24H2,1H3,(H,26,28)(H,27,29).